The highest BCUT2D eigenvalue weighted by Crippen LogP contribution is 2.23. The van der Waals surface area contributed by atoms with Gasteiger partial charge in [-0.05, 0) is 30.5 Å². The van der Waals surface area contributed by atoms with Gasteiger partial charge in [-0.25, -0.2) is 4.98 Å². The van der Waals surface area contributed by atoms with Crippen LogP contribution < -0.4 is 4.90 Å². The van der Waals surface area contributed by atoms with E-state index in [1.807, 2.05) is 36.2 Å². The molecule has 2 heterocycles. The third-order valence-corrected chi connectivity index (χ3v) is 4.68. The Kier molecular flexibility index (Phi) is 5.30. The summed E-state index contributed by atoms with van der Waals surface area (Å²) in [5, 5.41) is 0.712. The van der Waals surface area contributed by atoms with Gasteiger partial charge in [0.25, 0.3) is 0 Å². The summed E-state index contributed by atoms with van der Waals surface area (Å²) in [4.78, 5) is 25.1. The van der Waals surface area contributed by atoms with Crippen LogP contribution in [0.4, 0.5) is 5.82 Å². The molecule has 1 aromatic carbocycles. The van der Waals surface area contributed by atoms with Crippen LogP contribution in [0.2, 0.25) is 5.02 Å². The van der Waals surface area contributed by atoms with Crippen molar-refractivity contribution >= 4 is 23.3 Å². The van der Waals surface area contributed by atoms with Crippen LogP contribution >= 0.6 is 11.6 Å². The number of amides is 1. The van der Waals surface area contributed by atoms with Crippen molar-refractivity contribution in [3.8, 4) is 0 Å². The van der Waals surface area contributed by atoms with Gasteiger partial charge >= 0.3 is 0 Å². The van der Waals surface area contributed by atoms with E-state index in [2.05, 4.69) is 14.9 Å². The summed E-state index contributed by atoms with van der Waals surface area (Å²) >= 11 is 5.90. The SMILES string of the molecule is CN(Cc1ccc(Cl)cc1)C(=O)C1CCN(c2cnccn2)CC1. The molecule has 1 saturated heterocycles. The molecule has 1 aliphatic rings. The van der Waals surface area contributed by atoms with Gasteiger partial charge < -0.3 is 9.80 Å². The van der Waals surface area contributed by atoms with Gasteiger partial charge in [-0.3, -0.25) is 9.78 Å². The molecule has 0 saturated carbocycles. The predicted octanol–water partition coefficient (Wildman–Crippen LogP) is 3.01. The molecule has 1 aliphatic heterocycles. The van der Waals surface area contributed by atoms with Crippen LogP contribution in [0, 0.1) is 5.92 Å². The van der Waals surface area contributed by atoms with Crippen LogP contribution in [0.15, 0.2) is 42.9 Å². The molecular formula is C18H21ClN4O. The Labute approximate surface area is 147 Å². The standard InChI is InChI=1S/C18H21ClN4O/c1-22(13-14-2-4-16(19)5-3-14)18(24)15-6-10-23(11-7-15)17-12-20-8-9-21-17/h2-5,8-9,12,15H,6-7,10-11,13H2,1H3. The molecular weight excluding hydrogens is 324 g/mol. The highest BCUT2D eigenvalue weighted by Gasteiger charge is 2.27. The fourth-order valence-electron chi connectivity index (χ4n) is 3.06. The molecule has 6 heteroatoms. The predicted molar refractivity (Wildman–Crippen MR) is 94.9 cm³/mol. The van der Waals surface area contributed by atoms with E-state index in [1.54, 1.807) is 18.6 Å². The molecule has 0 radical (unpaired) electrons. The number of carbonyl (C=O) groups excluding carboxylic acids is 1. The maximum atomic E-state index is 12.7. The number of hydrogen-bond acceptors (Lipinski definition) is 4. The zero-order valence-corrected chi connectivity index (χ0v) is 14.5. The van der Waals surface area contributed by atoms with Crippen molar-refractivity contribution < 1.29 is 4.79 Å². The molecule has 0 N–H and O–H groups in total. The number of rotatable bonds is 4. The minimum absolute atomic E-state index is 0.0789. The van der Waals surface area contributed by atoms with Crippen molar-refractivity contribution in [1.29, 1.82) is 0 Å². The minimum Gasteiger partial charge on any atom is -0.355 e. The molecule has 5 nitrogen and oxygen atoms in total. The van der Waals surface area contributed by atoms with Gasteiger partial charge in [0.15, 0.2) is 0 Å². The topological polar surface area (TPSA) is 49.3 Å². The monoisotopic (exact) mass is 344 g/mol. The van der Waals surface area contributed by atoms with Gasteiger partial charge in [0.1, 0.15) is 5.82 Å². The van der Waals surface area contributed by atoms with Crippen molar-refractivity contribution in [2.45, 2.75) is 19.4 Å². The van der Waals surface area contributed by atoms with E-state index in [-0.39, 0.29) is 11.8 Å². The number of anilines is 1. The lowest BCUT2D eigenvalue weighted by Gasteiger charge is -2.33. The summed E-state index contributed by atoms with van der Waals surface area (Å²) in [5.74, 6) is 1.18. The van der Waals surface area contributed by atoms with E-state index in [4.69, 9.17) is 11.6 Å². The first-order chi connectivity index (χ1) is 11.6. The Morgan fingerprint density at radius 3 is 2.58 bits per heavy atom. The van der Waals surface area contributed by atoms with Gasteiger partial charge in [-0.15, -0.1) is 0 Å². The summed E-state index contributed by atoms with van der Waals surface area (Å²) < 4.78 is 0. The maximum Gasteiger partial charge on any atom is 0.225 e. The van der Waals surface area contributed by atoms with E-state index >= 15 is 0 Å². The first-order valence-electron chi connectivity index (χ1n) is 8.14. The van der Waals surface area contributed by atoms with Gasteiger partial charge in [0, 0.05) is 50.0 Å². The van der Waals surface area contributed by atoms with Crippen LogP contribution in [0.3, 0.4) is 0 Å². The van der Waals surface area contributed by atoms with Crippen molar-refractivity contribution in [3.63, 3.8) is 0 Å². The number of piperidine rings is 1. The van der Waals surface area contributed by atoms with E-state index < -0.39 is 0 Å². The van der Waals surface area contributed by atoms with Gasteiger partial charge in [0.05, 0.1) is 6.20 Å². The average Bonchev–Trinajstić information content (AvgIpc) is 2.64. The van der Waals surface area contributed by atoms with Crippen LogP contribution in [0.1, 0.15) is 18.4 Å². The van der Waals surface area contributed by atoms with Crippen molar-refractivity contribution in [3.05, 3.63) is 53.4 Å². The second kappa shape index (κ2) is 7.62. The number of nitrogens with zero attached hydrogens (tertiary/aromatic N) is 4. The number of hydrogen-bond donors (Lipinski definition) is 0. The van der Waals surface area contributed by atoms with Crippen LogP contribution in [0.25, 0.3) is 0 Å². The lowest BCUT2D eigenvalue weighted by atomic mass is 9.95. The minimum atomic E-state index is 0.0789. The number of benzene rings is 1. The third kappa shape index (κ3) is 4.03. The second-order valence-corrected chi connectivity index (χ2v) is 6.58. The molecule has 3 rings (SSSR count). The highest BCUT2D eigenvalue weighted by molar-refractivity contribution is 6.30. The normalized spacial score (nSPS) is 15.3. The summed E-state index contributed by atoms with van der Waals surface area (Å²) in [5.41, 5.74) is 1.09. The first kappa shape index (κ1) is 16.7. The smallest absolute Gasteiger partial charge is 0.225 e. The Balaban J connectivity index is 1.53. The van der Waals surface area contributed by atoms with Crippen molar-refractivity contribution in [2.24, 2.45) is 5.92 Å². The average molecular weight is 345 g/mol. The summed E-state index contributed by atoms with van der Waals surface area (Å²) in [6.45, 7) is 2.29. The Bertz CT molecular complexity index is 669. The number of halogens is 1. The van der Waals surface area contributed by atoms with Crippen LogP contribution in [0.5, 0.6) is 0 Å². The molecule has 24 heavy (non-hydrogen) atoms. The Morgan fingerprint density at radius 1 is 1.25 bits per heavy atom. The van der Waals surface area contributed by atoms with E-state index in [9.17, 15) is 4.79 Å². The van der Waals surface area contributed by atoms with E-state index in [1.165, 1.54) is 0 Å². The zero-order valence-electron chi connectivity index (χ0n) is 13.7. The van der Waals surface area contributed by atoms with E-state index in [0.717, 1.165) is 37.3 Å². The second-order valence-electron chi connectivity index (χ2n) is 6.15. The fraction of sp³-hybridized carbons (Fsp3) is 0.389. The largest absolute Gasteiger partial charge is 0.355 e. The van der Waals surface area contributed by atoms with Gasteiger partial charge in [-0.2, -0.15) is 0 Å². The molecule has 0 bridgehead atoms. The summed E-state index contributed by atoms with van der Waals surface area (Å²) in [6.07, 6.45) is 6.84. The first-order valence-corrected chi connectivity index (χ1v) is 8.51. The summed E-state index contributed by atoms with van der Waals surface area (Å²) in [6, 6.07) is 7.63. The molecule has 0 atom stereocenters. The van der Waals surface area contributed by atoms with Gasteiger partial charge in [-0.1, -0.05) is 23.7 Å². The molecule has 1 aromatic heterocycles. The van der Waals surface area contributed by atoms with Crippen molar-refractivity contribution in [2.75, 3.05) is 25.0 Å². The fourth-order valence-corrected chi connectivity index (χ4v) is 3.19. The van der Waals surface area contributed by atoms with Crippen molar-refractivity contribution in [1.82, 2.24) is 14.9 Å². The molecule has 0 spiro atoms. The molecule has 0 aliphatic carbocycles. The molecule has 1 fully saturated rings. The number of aromatic nitrogens is 2. The summed E-state index contributed by atoms with van der Waals surface area (Å²) in [7, 11) is 1.87. The molecule has 2 aromatic rings. The third-order valence-electron chi connectivity index (χ3n) is 4.43. The van der Waals surface area contributed by atoms with Crippen LogP contribution in [-0.4, -0.2) is 40.9 Å². The van der Waals surface area contributed by atoms with E-state index in [0.29, 0.717) is 11.6 Å². The lowest BCUT2D eigenvalue weighted by Crippen LogP contribution is -2.41. The number of carbonyl (C=O) groups is 1. The molecule has 1 amide bonds. The molecule has 126 valence electrons. The highest BCUT2D eigenvalue weighted by atomic mass is 35.5. The molecule has 0 unspecified atom stereocenters. The Morgan fingerprint density at radius 2 is 1.96 bits per heavy atom. The Hall–Kier alpha value is -2.14. The van der Waals surface area contributed by atoms with Crippen LogP contribution in [-0.2, 0) is 11.3 Å². The lowest BCUT2D eigenvalue weighted by molar-refractivity contribution is -0.135. The van der Waals surface area contributed by atoms with Gasteiger partial charge in [0.2, 0.25) is 5.91 Å². The quantitative estimate of drug-likeness (QED) is 0.855. The zero-order chi connectivity index (χ0) is 16.9. The maximum absolute atomic E-state index is 12.7.